The first-order valence-electron chi connectivity index (χ1n) is 6.20. The van der Waals surface area contributed by atoms with Crippen LogP contribution in [0.25, 0.3) is 10.8 Å². The summed E-state index contributed by atoms with van der Waals surface area (Å²) < 4.78 is 5.86. The third kappa shape index (κ3) is 2.29. The molecule has 0 aliphatic heterocycles. The summed E-state index contributed by atoms with van der Waals surface area (Å²) in [6.45, 7) is 2.54. The molecule has 0 fully saturated rings. The molecule has 0 atom stereocenters. The molecule has 19 heavy (non-hydrogen) atoms. The monoisotopic (exact) mass is 253 g/mol. The summed E-state index contributed by atoms with van der Waals surface area (Å²) >= 11 is 0. The topological polar surface area (TPSA) is 39.9 Å². The highest BCUT2D eigenvalue weighted by Gasteiger charge is 2.05. The number of nitrogens with zero attached hydrogens (tertiary/aromatic N) is 3. The molecule has 3 rings (SSSR count). The van der Waals surface area contributed by atoms with Gasteiger partial charge in [0.2, 0.25) is 0 Å². The molecule has 0 aliphatic rings. The van der Waals surface area contributed by atoms with Crippen LogP contribution < -0.4 is 4.74 Å². The second-order valence-corrected chi connectivity index (χ2v) is 4.54. The molecular weight excluding hydrogens is 238 g/mol. The van der Waals surface area contributed by atoms with Crippen LogP contribution in [-0.2, 0) is 13.7 Å². The summed E-state index contributed by atoms with van der Waals surface area (Å²) in [5.41, 5.74) is 2.08. The van der Waals surface area contributed by atoms with Crippen LogP contribution in [0.1, 0.15) is 11.3 Å². The summed E-state index contributed by atoms with van der Waals surface area (Å²) in [5.74, 6) is 0.881. The van der Waals surface area contributed by atoms with Gasteiger partial charge in [-0.3, -0.25) is 0 Å². The average Bonchev–Trinajstić information content (AvgIpc) is 2.84. The average molecular weight is 253 g/mol. The van der Waals surface area contributed by atoms with E-state index in [0.717, 1.165) is 16.8 Å². The van der Waals surface area contributed by atoms with Gasteiger partial charge < -0.3 is 4.74 Å². The van der Waals surface area contributed by atoms with Crippen molar-refractivity contribution in [2.45, 2.75) is 13.5 Å². The molecule has 0 aliphatic carbocycles. The lowest BCUT2D eigenvalue weighted by atomic mass is 10.1. The molecule has 0 saturated carbocycles. The number of hydrogen-bond acceptors (Lipinski definition) is 3. The van der Waals surface area contributed by atoms with Crippen molar-refractivity contribution in [2.75, 3.05) is 0 Å². The van der Waals surface area contributed by atoms with E-state index < -0.39 is 0 Å². The van der Waals surface area contributed by atoms with Gasteiger partial charge in [0.05, 0.1) is 6.20 Å². The Balaban J connectivity index is 1.91. The first-order chi connectivity index (χ1) is 9.24. The number of aromatic nitrogens is 3. The van der Waals surface area contributed by atoms with E-state index in [1.807, 2.05) is 18.2 Å². The number of hydrogen-bond donors (Lipinski definition) is 0. The van der Waals surface area contributed by atoms with Crippen molar-refractivity contribution in [2.24, 2.45) is 7.05 Å². The maximum Gasteiger partial charge on any atom is 0.134 e. The molecule has 0 saturated heterocycles. The maximum absolute atomic E-state index is 5.86. The molecule has 2 aromatic carbocycles. The molecule has 4 heteroatoms. The van der Waals surface area contributed by atoms with Crippen LogP contribution in [0.15, 0.2) is 42.6 Å². The third-order valence-electron chi connectivity index (χ3n) is 3.12. The van der Waals surface area contributed by atoms with E-state index >= 15 is 0 Å². The van der Waals surface area contributed by atoms with Gasteiger partial charge in [-0.15, -0.1) is 0 Å². The van der Waals surface area contributed by atoms with Gasteiger partial charge in [-0.1, -0.05) is 30.3 Å². The Labute approximate surface area is 111 Å². The lowest BCUT2D eigenvalue weighted by Gasteiger charge is -2.09. The Morgan fingerprint density at radius 3 is 2.63 bits per heavy atom. The van der Waals surface area contributed by atoms with Crippen LogP contribution in [0.4, 0.5) is 0 Å². The second kappa shape index (κ2) is 4.72. The van der Waals surface area contributed by atoms with Crippen molar-refractivity contribution in [1.29, 1.82) is 0 Å². The second-order valence-electron chi connectivity index (χ2n) is 4.54. The van der Waals surface area contributed by atoms with Gasteiger partial charge in [0.15, 0.2) is 0 Å². The molecule has 0 radical (unpaired) electrons. The lowest BCUT2D eigenvalue weighted by molar-refractivity contribution is 0.303. The van der Waals surface area contributed by atoms with Gasteiger partial charge in [-0.25, -0.2) is 0 Å². The fraction of sp³-hybridized carbons (Fsp3) is 0.200. The minimum absolute atomic E-state index is 0.431. The van der Waals surface area contributed by atoms with Crippen molar-refractivity contribution in [3.63, 3.8) is 0 Å². The van der Waals surface area contributed by atoms with E-state index in [9.17, 15) is 0 Å². The minimum atomic E-state index is 0.431. The highest BCUT2D eigenvalue weighted by Crippen LogP contribution is 2.28. The molecule has 0 unspecified atom stereocenters. The van der Waals surface area contributed by atoms with Crippen LogP contribution in [0.5, 0.6) is 5.75 Å². The summed E-state index contributed by atoms with van der Waals surface area (Å²) in [6.07, 6.45) is 1.72. The Kier molecular flexibility index (Phi) is 2.91. The van der Waals surface area contributed by atoms with E-state index in [-0.39, 0.29) is 0 Å². The van der Waals surface area contributed by atoms with Gasteiger partial charge in [0, 0.05) is 12.4 Å². The predicted molar refractivity (Wildman–Crippen MR) is 74.0 cm³/mol. The lowest BCUT2D eigenvalue weighted by Crippen LogP contribution is -1.99. The number of ether oxygens (including phenoxy) is 1. The molecule has 1 aromatic heterocycles. The van der Waals surface area contributed by atoms with Crippen molar-refractivity contribution in [1.82, 2.24) is 15.0 Å². The summed E-state index contributed by atoms with van der Waals surface area (Å²) in [6, 6.07) is 12.3. The Bertz CT molecular complexity index is 718. The maximum atomic E-state index is 5.86. The standard InChI is InChI=1S/C15H15N3O/c1-11-7-8-15(14-6-4-3-5-13(11)14)19-10-12-9-16-18(2)17-12/h3-9H,10H2,1-2H3. The van der Waals surface area contributed by atoms with E-state index in [4.69, 9.17) is 4.74 Å². The van der Waals surface area contributed by atoms with E-state index in [0.29, 0.717) is 6.61 Å². The zero-order valence-corrected chi connectivity index (χ0v) is 11.0. The Morgan fingerprint density at radius 2 is 1.89 bits per heavy atom. The third-order valence-corrected chi connectivity index (χ3v) is 3.12. The SMILES string of the molecule is Cc1ccc(OCc2cnn(C)n2)c2ccccc12. The molecule has 4 nitrogen and oxygen atoms in total. The van der Waals surface area contributed by atoms with Gasteiger partial charge in [0.25, 0.3) is 0 Å². The van der Waals surface area contributed by atoms with Crippen molar-refractivity contribution >= 4 is 10.8 Å². The molecule has 0 N–H and O–H groups in total. The van der Waals surface area contributed by atoms with Gasteiger partial charge >= 0.3 is 0 Å². The van der Waals surface area contributed by atoms with Crippen LogP contribution in [-0.4, -0.2) is 15.0 Å². The first-order valence-corrected chi connectivity index (χ1v) is 6.20. The van der Waals surface area contributed by atoms with Crippen LogP contribution >= 0.6 is 0 Å². The summed E-state index contributed by atoms with van der Waals surface area (Å²) in [4.78, 5) is 1.53. The van der Waals surface area contributed by atoms with Gasteiger partial charge in [-0.2, -0.15) is 15.0 Å². The highest BCUT2D eigenvalue weighted by atomic mass is 16.5. The largest absolute Gasteiger partial charge is 0.487 e. The Hall–Kier alpha value is -2.36. The first kappa shape index (κ1) is 11.7. The van der Waals surface area contributed by atoms with Crippen molar-refractivity contribution < 1.29 is 4.74 Å². The molecule has 1 heterocycles. The van der Waals surface area contributed by atoms with E-state index in [1.54, 1.807) is 13.2 Å². The van der Waals surface area contributed by atoms with Crippen LogP contribution in [0.3, 0.4) is 0 Å². The minimum Gasteiger partial charge on any atom is -0.487 e. The molecule has 0 amide bonds. The van der Waals surface area contributed by atoms with Crippen LogP contribution in [0, 0.1) is 6.92 Å². The van der Waals surface area contributed by atoms with Gasteiger partial charge in [-0.05, 0) is 23.9 Å². The summed E-state index contributed by atoms with van der Waals surface area (Å²) in [5, 5.41) is 10.6. The highest BCUT2D eigenvalue weighted by molar-refractivity contribution is 5.90. The van der Waals surface area contributed by atoms with Gasteiger partial charge in [0.1, 0.15) is 18.1 Å². The number of rotatable bonds is 3. The van der Waals surface area contributed by atoms with E-state index in [1.165, 1.54) is 15.7 Å². The molecule has 3 aromatic rings. The smallest absolute Gasteiger partial charge is 0.134 e. The van der Waals surface area contributed by atoms with Crippen molar-refractivity contribution in [3.8, 4) is 5.75 Å². The number of benzene rings is 2. The fourth-order valence-electron chi connectivity index (χ4n) is 2.15. The molecule has 0 spiro atoms. The molecular formula is C15H15N3O. The normalized spacial score (nSPS) is 10.8. The predicted octanol–water partition coefficient (Wildman–Crippen LogP) is 2.86. The molecule has 96 valence electrons. The van der Waals surface area contributed by atoms with E-state index in [2.05, 4.69) is 35.3 Å². The molecule has 0 bridgehead atoms. The number of fused-ring (bicyclic) bond motifs is 1. The van der Waals surface area contributed by atoms with Crippen molar-refractivity contribution in [3.05, 3.63) is 53.9 Å². The zero-order valence-electron chi connectivity index (χ0n) is 11.0. The summed E-state index contributed by atoms with van der Waals surface area (Å²) in [7, 11) is 1.80. The fourth-order valence-corrected chi connectivity index (χ4v) is 2.15. The zero-order chi connectivity index (χ0) is 13.2. The van der Waals surface area contributed by atoms with Crippen LogP contribution in [0.2, 0.25) is 0 Å². The quantitative estimate of drug-likeness (QED) is 0.720. The Morgan fingerprint density at radius 1 is 1.11 bits per heavy atom. The number of aryl methyl sites for hydroxylation is 2.